The number of nitrogens with one attached hydrogen (secondary N) is 1. The molecule has 5 heteroatoms. The number of ether oxygens (including phenoxy) is 2. The van der Waals surface area contributed by atoms with Crippen molar-refractivity contribution in [1.29, 1.82) is 0 Å². The molecule has 0 bridgehead atoms. The molecule has 1 atom stereocenters. The van der Waals surface area contributed by atoms with Crippen molar-refractivity contribution in [2.75, 3.05) is 20.3 Å². The van der Waals surface area contributed by atoms with Crippen molar-refractivity contribution < 1.29 is 14.3 Å². The number of carbonyl (C=O) groups is 1. The average molecular weight is 340 g/mol. The van der Waals surface area contributed by atoms with Crippen LogP contribution < -0.4 is 14.8 Å². The summed E-state index contributed by atoms with van der Waals surface area (Å²) < 4.78 is 11.2. The minimum absolute atomic E-state index is 0.0175. The van der Waals surface area contributed by atoms with Crippen LogP contribution in [0.3, 0.4) is 0 Å². The Hall–Kier alpha value is -2.53. The van der Waals surface area contributed by atoms with Gasteiger partial charge in [-0.2, -0.15) is 0 Å². The molecule has 0 saturated heterocycles. The molecule has 0 radical (unpaired) electrons. The van der Waals surface area contributed by atoms with E-state index < -0.39 is 0 Å². The summed E-state index contributed by atoms with van der Waals surface area (Å²) in [5.41, 5.74) is 2.19. The zero-order chi connectivity index (χ0) is 17.6. The van der Waals surface area contributed by atoms with Gasteiger partial charge in [0.2, 0.25) is 5.91 Å². The monoisotopic (exact) mass is 340 g/mol. The smallest absolute Gasteiger partial charge is 0.237 e. The van der Waals surface area contributed by atoms with E-state index in [1.807, 2.05) is 67.4 Å². The standard InChI is InChI=1S/C20H24N2O3/c1-15(20(23)21-13-16-6-4-3-5-7-16)22(2)14-17-8-9-18-19(12-17)25-11-10-24-18/h3-9,12,15H,10-11,13-14H2,1-2H3,(H,21,23)/t15-/m0/s1. The van der Waals surface area contributed by atoms with E-state index in [0.717, 1.165) is 22.6 Å². The van der Waals surface area contributed by atoms with Gasteiger partial charge < -0.3 is 14.8 Å². The van der Waals surface area contributed by atoms with Gasteiger partial charge in [-0.05, 0) is 37.2 Å². The molecular formula is C20H24N2O3. The SMILES string of the molecule is C[C@@H](C(=O)NCc1ccccc1)N(C)Cc1ccc2c(c1)OCCO2. The van der Waals surface area contributed by atoms with Gasteiger partial charge >= 0.3 is 0 Å². The topological polar surface area (TPSA) is 50.8 Å². The maximum absolute atomic E-state index is 12.4. The van der Waals surface area contributed by atoms with Crippen LogP contribution in [0.1, 0.15) is 18.1 Å². The number of hydrogen-bond donors (Lipinski definition) is 1. The first kappa shape index (κ1) is 17.3. The van der Waals surface area contributed by atoms with Crippen LogP contribution in [0.4, 0.5) is 0 Å². The fourth-order valence-electron chi connectivity index (χ4n) is 2.74. The van der Waals surface area contributed by atoms with Crippen molar-refractivity contribution >= 4 is 5.91 Å². The molecule has 1 amide bonds. The van der Waals surface area contributed by atoms with Gasteiger partial charge in [0.25, 0.3) is 0 Å². The molecule has 0 unspecified atom stereocenters. The van der Waals surface area contributed by atoms with Crippen LogP contribution in [-0.4, -0.2) is 37.1 Å². The Morgan fingerprint density at radius 3 is 2.56 bits per heavy atom. The molecule has 132 valence electrons. The summed E-state index contributed by atoms with van der Waals surface area (Å²) in [6, 6.07) is 15.6. The lowest BCUT2D eigenvalue weighted by Gasteiger charge is -2.25. The average Bonchev–Trinajstić information content (AvgIpc) is 2.66. The maximum atomic E-state index is 12.4. The minimum Gasteiger partial charge on any atom is -0.486 e. The Kier molecular flexibility index (Phi) is 5.56. The van der Waals surface area contributed by atoms with Crippen molar-refractivity contribution in [2.24, 2.45) is 0 Å². The molecule has 25 heavy (non-hydrogen) atoms. The van der Waals surface area contributed by atoms with Gasteiger partial charge in [-0.15, -0.1) is 0 Å². The fourth-order valence-corrected chi connectivity index (χ4v) is 2.74. The molecule has 0 saturated carbocycles. The first-order valence-electron chi connectivity index (χ1n) is 8.54. The molecule has 0 spiro atoms. The predicted octanol–water partition coefficient (Wildman–Crippen LogP) is 2.59. The van der Waals surface area contributed by atoms with E-state index >= 15 is 0 Å². The van der Waals surface area contributed by atoms with Gasteiger partial charge in [-0.25, -0.2) is 0 Å². The van der Waals surface area contributed by atoms with E-state index in [1.165, 1.54) is 0 Å². The third kappa shape index (κ3) is 4.51. The van der Waals surface area contributed by atoms with E-state index in [-0.39, 0.29) is 11.9 Å². The predicted molar refractivity (Wildman–Crippen MR) is 96.6 cm³/mol. The lowest BCUT2D eigenvalue weighted by Crippen LogP contribution is -2.42. The second-order valence-electron chi connectivity index (χ2n) is 6.27. The van der Waals surface area contributed by atoms with Gasteiger partial charge in [0.15, 0.2) is 11.5 Å². The van der Waals surface area contributed by atoms with Crippen molar-refractivity contribution in [2.45, 2.75) is 26.1 Å². The Labute approximate surface area is 148 Å². The Bertz CT molecular complexity index is 718. The minimum atomic E-state index is -0.225. The number of amides is 1. The van der Waals surface area contributed by atoms with Crippen molar-refractivity contribution in [3.8, 4) is 11.5 Å². The van der Waals surface area contributed by atoms with E-state index in [1.54, 1.807) is 0 Å². The van der Waals surface area contributed by atoms with Crippen LogP contribution in [0.2, 0.25) is 0 Å². The van der Waals surface area contributed by atoms with Crippen LogP contribution in [0, 0.1) is 0 Å². The van der Waals surface area contributed by atoms with Gasteiger partial charge in [0.1, 0.15) is 13.2 Å². The second-order valence-corrected chi connectivity index (χ2v) is 6.27. The van der Waals surface area contributed by atoms with Gasteiger partial charge in [-0.3, -0.25) is 9.69 Å². The summed E-state index contributed by atoms with van der Waals surface area (Å²) in [7, 11) is 1.95. The summed E-state index contributed by atoms with van der Waals surface area (Å²) in [5, 5.41) is 2.99. The number of carbonyl (C=O) groups excluding carboxylic acids is 1. The fraction of sp³-hybridized carbons (Fsp3) is 0.350. The summed E-state index contributed by atoms with van der Waals surface area (Å²) in [6.45, 7) is 4.28. The number of rotatable bonds is 6. The highest BCUT2D eigenvalue weighted by molar-refractivity contribution is 5.81. The molecule has 0 fully saturated rings. The molecular weight excluding hydrogens is 316 g/mol. The van der Waals surface area contributed by atoms with Crippen LogP contribution in [0.15, 0.2) is 48.5 Å². The normalized spacial score (nSPS) is 14.2. The molecule has 5 nitrogen and oxygen atoms in total. The number of benzene rings is 2. The molecule has 1 heterocycles. The number of nitrogens with zero attached hydrogens (tertiary/aromatic N) is 1. The second kappa shape index (κ2) is 8.03. The quantitative estimate of drug-likeness (QED) is 0.878. The first-order chi connectivity index (χ1) is 12.1. The summed E-state index contributed by atoms with van der Waals surface area (Å²) in [5.74, 6) is 1.58. The Morgan fingerprint density at radius 1 is 1.08 bits per heavy atom. The number of fused-ring (bicyclic) bond motifs is 1. The van der Waals surface area contributed by atoms with E-state index in [2.05, 4.69) is 5.32 Å². The Morgan fingerprint density at radius 2 is 1.80 bits per heavy atom. The first-order valence-corrected chi connectivity index (χ1v) is 8.54. The molecule has 1 aliphatic heterocycles. The molecule has 0 aliphatic carbocycles. The molecule has 2 aromatic rings. The third-order valence-electron chi connectivity index (χ3n) is 4.39. The number of hydrogen-bond acceptors (Lipinski definition) is 4. The van der Waals surface area contributed by atoms with Gasteiger partial charge in [-0.1, -0.05) is 36.4 Å². The Balaban J connectivity index is 1.54. The lowest BCUT2D eigenvalue weighted by atomic mass is 10.1. The summed E-state index contributed by atoms with van der Waals surface area (Å²) in [6.07, 6.45) is 0. The summed E-state index contributed by atoms with van der Waals surface area (Å²) >= 11 is 0. The van der Waals surface area contributed by atoms with E-state index in [0.29, 0.717) is 26.3 Å². The lowest BCUT2D eigenvalue weighted by molar-refractivity contribution is -0.125. The molecule has 1 N–H and O–H groups in total. The molecule has 1 aliphatic rings. The summed E-state index contributed by atoms with van der Waals surface area (Å²) in [4.78, 5) is 14.4. The van der Waals surface area contributed by atoms with E-state index in [4.69, 9.17) is 9.47 Å². The van der Waals surface area contributed by atoms with Crippen molar-refractivity contribution in [1.82, 2.24) is 10.2 Å². The van der Waals surface area contributed by atoms with Crippen LogP contribution >= 0.6 is 0 Å². The van der Waals surface area contributed by atoms with Gasteiger partial charge in [0.05, 0.1) is 6.04 Å². The van der Waals surface area contributed by atoms with Crippen LogP contribution in [0.5, 0.6) is 11.5 Å². The zero-order valence-corrected chi connectivity index (χ0v) is 14.7. The van der Waals surface area contributed by atoms with E-state index in [9.17, 15) is 4.79 Å². The van der Waals surface area contributed by atoms with Crippen LogP contribution in [-0.2, 0) is 17.9 Å². The van der Waals surface area contributed by atoms with Gasteiger partial charge in [0, 0.05) is 13.1 Å². The van der Waals surface area contributed by atoms with Crippen molar-refractivity contribution in [3.63, 3.8) is 0 Å². The highest BCUT2D eigenvalue weighted by atomic mass is 16.6. The third-order valence-corrected chi connectivity index (χ3v) is 4.39. The largest absolute Gasteiger partial charge is 0.486 e. The highest BCUT2D eigenvalue weighted by Crippen LogP contribution is 2.31. The maximum Gasteiger partial charge on any atom is 0.237 e. The molecule has 3 rings (SSSR count). The molecule has 0 aromatic heterocycles. The van der Waals surface area contributed by atoms with Crippen molar-refractivity contribution in [3.05, 3.63) is 59.7 Å². The number of likely N-dealkylation sites (N-methyl/N-ethyl adjacent to an activating group) is 1. The van der Waals surface area contributed by atoms with Crippen LogP contribution in [0.25, 0.3) is 0 Å². The molecule has 2 aromatic carbocycles. The highest BCUT2D eigenvalue weighted by Gasteiger charge is 2.19. The zero-order valence-electron chi connectivity index (χ0n) is 14.7.